The molecule has 0 atom stereocenters. The number of anilines is 1. The molecule has 0 aliphatic heterocycles. The van der Waals surface area contributed by atoms with Crippen molar-refractivity contribution in [3.63, 3.8) is 0 Å². The van der Waals surface area contributed by atoms with Crippen LogP contribution in [0.4, 0.5) is 5.69 Å². The molecule has 1 aliphatic rings. The first-order valence-corrected chi connectivity index (χ1v) is 9.56. The first-order valence-electron chi connectivity index (χ1n) is 7.66. The molecule has 1 saturated carbocycles. The number of methoxy groups -OCH3 is 1. The van der Waals surface area contributed by atoms with E-state index in [0.29, 0.717) is 23.0 Å². The third-order valence-electron chi connectivity index (χ3n) is 4.29. The first kappa shape index (κ1) is 17.7. The molecule has 0 radical (unpaired) electrons. The number of hydrogen-bond acceptors (Lipinski definition) is 4. The Labute approximate surface area is 149 Å². The summed E-state index contributed by atoms with van der Waals surface area (Å²) in [6.45, 7) is 4.77. The molecular formula is C16H22INO3S. The largest absolute Gasteiger partial charge is 0.465 e. The molecule has 1 aromatic heterocycles. The van der Waals surface area contributed by atoms with E-state index in [1.807, 2.05) is 13.0 Å². The van der Waals surface area contributed by atoms with Crippen molar-refractivity contribution in [3.05, 3.63) is 13.8 Å². The highest BCUT2D eigenvalue weighted by Gasteiger charge is 2.31. The van der Waals surface area contributed by atoms with E-state index in [4.69, 9.17) is 4.74 Å². The minimum absolute atomic E-state index is 0.0826. The van der Waals surface area contributed by atoms with Crippen LogP contribution in [0.5, 0.6) is 0 Å². The summed E-state index contributed by atoms with van der Waals surface area (Å²) in [6, 6.07) is 1.91. The minimum atomic E-state index is -0.369. The van der Waals surface area contributed by atoms with Gasteiger partial charge in [0.1, 0.15) is 4.88 Å². The van der Waals surface area contributed by atoms with Crippen molar-refractivity contribution in [3.8, 4) is 0 Å². The SMILES string of the molecule is CCN(C(=O)C1CCC(C)CC1)c1cc(I)sc1C(=O)OC. The second kappa shape index (κ2) is 7.77. The van der Waals surface area contributed by atoms with Gasteiger partial charge in [0, 0.05) is 12.5 Å². The van der Waals surface area contributed by atoms with E-state index < -0.39 is 0 Å². The number of nitrogens with zero attached hydrogens (tertiary/aromatic N) is 1. The van der Waals surface area contributed by atoms with E-state index in [0.717, 1.165) is 28.6 Å². The Morgan fingerprint density at radius 2 is 2.00 bits per heavy atom. The van der Waals surface area contributed by atoms with Gasteiger partial charge in [0.15, 0.2) is 0 Å². The molecule has 0 bridgehead atoms. The Bertz CT molecular complexity index is 550. The molecule has 0 aromatic carbocycles. The number of amides is 1. The zero-order valence-corrected chi connectivity index (χ0v) is 16.2. The molecular weight excluding hydrogens is 413 g/mol. The molecule has 0 unspecified atom stereocenters. The van der Waals surface area contributed by atoms with Gasteiger partial charge in [0.25, 0.3) is 0 Å². The van der Waals surface area contributed by atoms with Crippen LogP contribution in [-0.2, 0) is 9.53 Å². The lowest BCUT2D eigenvalue weighted by Crippen LogP contribution is -2.38. The maximum atomic E-state index is 12.9. The summed E-state index contributed by atoms with van der Waals surface area (Å²) in [5, 5.41) is 0. The summed E-state index contributed by atoms with van der Waals surface area (Å²) >= 11 is 3.55. The summed E-state index contributed by atoms with van der Waals surface area (Å²) in [5.41, 5.74) is 0.701. The third kappa shape index (κ3) is 3.82. The van der Waals surface area contributed by atoms with E-state index in [1.54, 1.807) is 4.90 Å². The lowest BCUT2D eigenvalue weighted by Gasteiger charge is -2.30. The Morgan fingerprint density at radius 1 is 1.36 bits per heavy atom. The summed E-state index contributed by atoms with van der Waals surface area (Å²) < 4.78 is 5.84. The summed E-state index contributed by atoms with van der Waals surface area (Å²) in [6.07, 6.45) is 4.12. The molecule has 6 heteroatoms. The molecule has 1 aromatic rings. The minimum Gasteiger partial charge on any atom is -0.465 e. The van der Waals surface area contributed by atoms with Crippen molar-refractivity contribution in [2.24, 2.45) is 11.8 Å². The highest BCUT2D eigenvalue weighted by atomic mass is 127. The number of ether oxygens (including phenoxy) is 1. The Kier molecular flexibility index (Phi) is 6.26. The van der Waals surface area contributed by atoms with Gasteiger partial charge in [-0.2, -0.15) is 0 Å². The zero-order chi connectivity index (χ0) is 16.3. The molecule has 1 heterocycles. The monoisotopic (exact) mass is 435 g/mol. The van der Waals surface area contributed by atoms with Crippen molar-refractivity contribution in [2.75, 3.05) is 18.6 Å². The van der Waals surface area contributed by atoms with Gasteiger partial charge in [-0.1, -0.05) is 6.92 Å². The van der Waals surface area contributed by atoms with Crippen LogP contribution < -0.4 is 4.90 Å². The molecule has 0 N–H and O–H groups in total. The quantitative estimate of drug-likeness (QED) is 0.523. The van der Waals surface area contributed by atoms with Crippen molar-refractivity contribution in [2.45, 2.75) is 39.5 Å². The van der Waals surface area contributed by atoms with Gasteiger partial charge in [-0.3, -0.25) is 4.79 Å². The summed E-state index contributed by atoms with van der Waals surface area (Å²) in [7, 11) is 1.37. The lowest BCUT2D eigenvalue weighted by atomic mass is 9.82. The highest BCUT2D eigenvalue weighted by Crippen LogP contribution is 2.35. The van der Waals surface area contributed by atoms with Crippen LogP contribution in [0, 0.1) is 14.7 Å². The molecule has 1 aliphatic carbocycles. The van der Waals surface area contributed by atoms with Gasteiger partial charge in [0.2, 0.25) is 5.91 Å². The second-order valence-corrected chi connectivity index (χ2v) is 8.74. The third-order valence-corrected chi connectivity index (χ3v) is 6.16. The molecule has 2 rings (SSSR count). The van der Waals surface area contributed by atoms with Crippen molar-refractivity contribution < 1.29 is 14.3 Å². The van der Waals surface area contributed by atoms with Gasteiger partial charge in [-0.15, -0.1) is 11.3 Å². The van der Waals surface area contributed by atoms with Gasteiger partial charge < -0.3 is 9.64 Å². The normalized spacial score (nSPS) is 21.5. The van der Waals surface area contributed by atoms with Gasteiger partial charge >= 0.3 is 5.97 Å². The van der Waals surface area contributed by atoms with Gasteiger partial charge in [0.05, 0.1) is 15.7 Å². The number of carbonyl (C=O) groups is 2. The predicted octanol–water partition coefficient (Wildman–Crippen LogP) is 4.32. The van der Waals surface area contributed by atoms with Crippen LogP contribution >= 0.6 is 33.9 Å². The molecule has 0 spiro atoms. The summed E-state index contributed by atoms with van der Waals surface area (Å²) in [4.78, 5) is 27.1. The molecule has 122 valence electrons. The Morgan fingerprint density at radius 3 is 2.55 bits per heavy atom. The van der Waals surface area contributed by atoms with E-state index in [-0.39, 0.29) is 17.8 Å². The van der Waals surface area contributed by atoms with Crippen LogP contribution in [-0.4, -0.2) is 25.5 Å². The van der Waals surface area contributed by atoms with Gasteiger partial charge in [-0.25, -0.2) is 4.79 Å². The number of rotatable bonds is 4. The molecule has 1 amide bonds. The second-order valence-electron chi connectivity index (χ2n) is 5.80. The number of thiophene rings is 1. The van der Waals surface area contributed by atoms with E-state index >= 15 is 0 Å². The fraction of sp³-hybridized carbons (Fsp3) is 0.625. The number of hydrogen-bond donors (Lipinski definition) is 0. The van der Waals surface area contributed by atoms with E-state index in [9.17, 15) is 9.59 Å². The number of carbonyl (C=O) groups excluding carboxylic acids is 2. The first-order chi connectivity index (χ1) is 10.5. The van der Waals surface area contributed by atoms with Crippen molar-refractivity contribution in [1.29, 1.82) is 0 Å². The fourth-order valence-corrected chi connectivity index (χ4v) is 4.73. The standard InChI is InChI=1S/C16H22INO3S/c1-4-18(15(19)11-7-5-10(2)6-8-11)12-9-13(17)22-14(12)16(20)21-3/h9-11H,4-8H2,1-3H3. The topological polar surface area (TPSA) is 46.6 Å². The Hall–Kier alpha value is -0.630. The highest BCUT2D eigenvalue weighted by molar-refractivity contribution is 14.1. The number of esters is 1. The van der Waals surface area contributed by atoms with E-state index in [1.165, 1.54) is 18.4 Å². The van der Waals surface area contributed by atoms with Crippen molar-refractivity contribution >= 4 is 51.5 Å². The lowest BCUT2D eigenvalue weighted by molar-refractivity contribution is -0.123. The molecule has 22 heavy (non-hydrogen) atoms. The van der Waals surface area contributed by atoms with Crippen LogP contribution in [0.3, 0.4) is 0 Å². The van der Waals surface area contributed by atoms with Crippen molar-refractivity contribution in [1.82, 2.24) is 0 Å². The maximum absolute atomic E-state index is 12.9. The predicted molar refractivity (Wildman–Crippen MR) is 97.5 cm³/mol. The van der Waals surface area contributed by atoms with Crippen LogP contribution in [0.15, 0.2) is 6.07 Å². The van der Waals surface area contributed by atoms with Crippen LogP contribution in [0.1, 0.15) is 49.2 Å². The van der Waals surface area contributed by atoms with Crippen LogP contribution in [0.25, 0.3) is 0 Å². The molecule has 1 fully saturated rings. The molecule has 4 nitrogen and oxygen atoms in total. The fourth-order valence-electron chi connectivity index (χ4n) is 2.96. The average molecular weight is 435 g/mol. The van der Waals surface area contributed by atoms with Crippen LogP contribution in [0.2, 0.25) is 0 Å². The Balaban J connectivity index is 2.24. The van der Waals surface area contributed by atoms with E-state index in [2.05, 4.69) is 29.5 Å². The number of halogens is 1. The smallest absolute Gasteiger partial charge is 0.350 e. The summed E-state index contributed by atoms with van der Waals surface area (Å²) in [5.74, 6) is 0.575. The maximum Gasteiger partial charge on any atom is 0.350 e. The zero-order valence-electron chi connectivity index (χ0n) is 13.2. The van der Waals surface area contributed by atoms with Gasteiger partial charge in [-0.05, 0) is 67.2 Å². The average Bonchev–Trinajstić information content (AvgIpc) is 2.89. The molecule has 0 saturated heterocycles.